The number of ether oxygens (including phenoxy) is 1. The van der Waals surface area contributed by atoms with E-state index in [9.17, 15) is 4.79 Å². The first kappa shape index (κ1) is 13.8. The molecule has 4 aromatic rings. The number of thiazole rings is 1. The zero-order valence-electron chi connectivity index (χ0n) is 12.1. The lowest BCUT2D eigenvalue weighted by Crippen LogP contribution is -2.16. The van der Waals surface area contributed by atoms with Crippen LogP contribution in [0.15, 0.2) is 65.8 Å². The number of H-pyrrole nitrogens is 1. The number of aromatic nitrogens is 3. The third kappa shape index (κ3) is 2.53. The van der Waals surface area contributed by atoms with Gasteiger partial charge in [-0.05, 0) is 24.3 Å². The van der Waals surface area contributed by atoms with E-state index in [2.05, 4.69) is 9.97 Å². The lowest BCUT2D eigenvalue weighted by molar-refractivity contribution is 0.240. The molecule has 0 amide bonds. The Morgan fingerprint density at radius 1 is 1.13 bits per heavy atom. The van der Waals surface area contributed by atoms with Crippen molar-refractivity contribution in [3.05, 3.63) is 70.7 Å². The quantitative estimate of drug-likeness (QED) is 0.625. The summed E-state index contributed by atoms with van der Waals surface area (Å²) in [5.41, 5.74) is 2.68. The summed E-state index contributed by atoms with van der Waals surface area (Å²) in [6, 6.07) is 15.4. The van der Waals surface area contributed by atoms with E-state index in [1.165, 1.54) is 11.3 Å². The van der Waals surface area contributed by atoms with E-state index in [0.29, 0.717) is 5.75 Å². The maximum atomic E-state index is 12.2. The molecule has 0 spiro atoms. The van der Waals surface area contributed by atoms with Crippen LogP contribution in [-0.4, -0.2) is 14.5 Å². The average Bonchev–Trinajstić information content (AvgIpc) is 3.20. The number of imidazole rings is 1. The molecule has 0 unspecified atom stereocenters. The second-order valence-corrected chi connectivity index (χ2v) is 5.99. The van der Waals surface area contributed by atoms with Crippen LogP contribution in [0, 0.1) is 0 Å². The first-order valence-electron chi connectivity index (χ1n) is 7.12. The highest BCUT2D eigenvalue weighted by Gasteiger charge is 2.10. The summed E-state index contributed by atoms with van der Waals surface area (Å²) in [7, 11) is 0. The summed E-state index contributed by atoms with van der Waals surface area (Å²) in [6.07, 6.45) is 3.37. The molecule has 5 nitrogen and oxygen atoms in total. The van der Waals surface area contributed by atoms with Crippen LogP contribution in [0.25, 0.3) is 21.5 Å². The molecule has 6 heteroatoms. The minimum atomic E-state index is -0.0229. The fourth-order valence-electron chi connectivity index (χ4n) is 2.49. The van der Waals surface area contributed by atoms with Gasteiger partial charge < -0.3 is 9.72 Å². The molecule has 0 fully saturated rings. The molecule has 1 N–H and O–H groups in total. The van der Waals surface area contributed by atoms with Crippen molar-refractivity contribution in [3.63, 3.8) is 0 Å². The Bertz CT molecular complexity index is 1000. The minimum absolute atomic E-state index is 0.0229. The average molecular weight is 323 g/mol. The second kappa shape index (κ2) is 5.73. The number of hydrogen-bond donors (Lipinski definition) is 1. The Kier molecular flexibility index (Phi) is 3.44. The smallest absolute Gasteiger partial charge is 0.310 e. The molecule has 0 bridgehead atoms. The summed E-state index contributed by atoms with van der Waals surface area (Å²) < 4.78 is 8.52. The Morgan fingerprint density at radius 2 is 1.96 bits per heavy atom. The summed E-state index contributed by atoms with van der Waals surface area (Å²) in [5, 5.41) is 0. The molecular weight excluding hydrogens is 310 g/mol. The number of nitrogens with zero attached hydrogens (tertiary/aromatic N) is 2. The number of para-hydroxylation sites is 2. The van der Waals surface area contributed by atoms with Gasteiger partial charge in [-0.15, -0.1) is 0 Å². The zero-order chi connectivity index (χ0) is 15.6. The van der Waals surface area contributed by atoms with Gasteiger partial charge in [-0.2, -0.15) is 0 Å². The topological polar surface area (TPSA) is 59.9 Å². The monoisotopic (exact) mass is 323 g/mol. The van der Waals surface area contributed by atoms with E-state index in [1.54, 1.807) is 17.1 Å². The van der Waals surface area contributed by atoms with Crippen molar-refractivity contribution in [2.45, 2.75) is 6.73 Å². The van der Waals surface area contributed by atoms with Gasteiger partial charge in [0.15, 0.2) is 6.73 Å². The van der Waals surface area contributed by atoms with E-state index in [1.807, 2.05) is 48.5 Å². The van der Waals surface area contributed by atoms with Gasteiger partial charge in [-0.3, -0.25) is 9.36 Å². The van der Waals surface area contributed by atoms with E-state index < -0.39 is 0 Å². The van der Waals surface area contributed by atoms with Crippen molar-refractivity contribution in [2.75, 3.05) is 0 Å². The molecule has 0 aliphatic carbocycles. The molecule has 2 aromatic carbocycles. The first-order valence-corrected chi connectivity index (χ1v) is 7.93. The lowest BCUT2D eigenvalue weighted by Gasteiger charge is -2.11. The molecule has 114 valence electrons. The highest BCUT2D eigenvalue weighted by atomic mass is 32.1. The van der Waals surface area contributed by atoms with Crippen molar-refractivity contribution in [2.24, 2.45) is 0 Å². The Hall–Kier alpha value is -2.86. The van der Waals surface area contributed by atoms with Gasteiger partial charge in [0.1, 0.15) is 5.75 Å². The molecule has 2 heterocycles. The Labute approximate surface area is 135 Å². The van der Waals surface area contributed by atoms with E-state index >= 15 is 0 Å². The third-order valence-corrected chi connectivity index (χ3v) is 4.56. The van der Waals surface area contributed by atoms with Crippen molar-refractivity contribution in [1.29, 1.82) is 0 Å². The molecule has 0 saturated heterocycles. The van der Waals surface area contributed by atoms with Gasteiger partial charge in [0, 0.05) is 5.56 Å². The van der Waals surface area contributed by atoms with Crippen molar-refractivity contribution < 1.29 is 4.74 Å². The summed E-state index contributed by atoms with van der Waals surface area (Å²) in [4.78, 5) is 19.2. The maximum absolute atomic E-state index is 12.2. The number of benzene rings is 2. The number of aromatic amines is 1. The van der Waals surface area contributed by atoms with Crippen LogP contribution in [0.4, 0.5) is 0 Å². The molecule has 0 aliphatic heterocycles. The summed E-state index contributed by atoms with van der Waals surface area (Å²) in [6.45, 7) is 0.175. The van der Waals surface area contributed by atoms with Gasteiger partial charge >= 0.3 is 4.87 Å². The molecule has 2 aromatic heterocycles. The van der Waals surface area contributed by atoms with Gasteiger partial charge in [-0.25, -0.2) is 4.98 Å². The number of rotatable bonds is 4. The SMILES string of the molecule is O=c1sc2ccccc2n1COc1ccccc1-c1cnc[nH]1. The van der Waals surface area contributed by atoms with Gasteiger partial charge in [0.25, 0.3) is 0 Å². The zero-order valence-corrected chi connectivity index (χ0v) is 12.9. The van der Waals surface area contributed by atoms with E-state index in [-0.39, 0.29) is 11.6 Å². The molecule has 23 heavy (non-hydrogen) atoms. The third-order valence-electron chi connectivity index (χ3n) is 3.60. The van der Waals surface area contributed by atoms with Crippen LogP contribution < -0.4 is 9.61 Å². The lowest BCUT2D eigenvalue weighted by atomic mass is 10.1. The Balaban J connectivity index is 1.67. The largest absolute Gasteiger partial charge is 0.472 e. The highest BCUT2D eigenvalue weighted by molar-refractivity contribution is 7.16. The standard InChI is InChI=1S/C17H13N3O2S/c21-17-20(14-6-2-4-8-16(14)23-17)11-22-15-7-3-1-5-12(15)13-9-18-10-19-13/h1-10H,11H2,(H,18,19). The molecule has 4 rings (SSSR count). The molecule has 0 aliphatic rings. The summed E-state index contributed by atoms with van der Waals surface area (Å²) >= 11 is 1.23. The van der Waals surface area contributed by atoms with Crippen molar-refractivity contribution >= 4 is 21.6 Å². The predicted molar refractivity (Wildman–Crippen MR) is 90.7 cm³/mol. The maximum Gasteiger partial charge on any atom is 0.310 e. The van der Waals surface area contributed by atoms with Gasteiger partial charge in [0.2, 0.25) is 0 Å². The van der Waals surface area contributed by atoms with Gasteiger partial charge in [-0.1, -0.05) is 35.6 Å². The van der Waals surface area contributed by atoms with E-state index in [0.717, 1.165) is 21.5 Å². The number of fused-ring (bicyclic) bond motifs is 1. The minimum Gasteiger partial charge on any atom is -0.472 e. The molecular formula is C17H13N3O2S. The van der Waals surface area contributed by atoms with Crippen LogP contribution in [0.5, 0.6) is 5.75 Å². The number of nitrogens with one attached hydrogen (secondary N) is 1. The fraction of sp³-hybridized carbons (Fsp3) is 0.0588. The van der Waals surface area contributed by atoms with Gasteiger partial charge in [0.05, 0.1) is 28.4 Å². The van der Waals surface area contributed by atoms with Crippen LogP contribution >= 0.6 is 11.3 Å². The van der Waals surface area contributed by atoms with Crippen molar-refractivity contribution in [3.8, 4) is 17.0 Å². The normalized spacial score (nSPS) is 11.0. The van der Waals surface area contributed by atoms with Crippen LogP contribution in [0.1, 0.15) is 0 Å². The number of hydrogen-bond acceptors (Lipinski definition) is 4. The summed E-state index contributed by atoms with van der Waals surface area (Å²) in [5.74, 6) is 0.707. The molecule has 0 atom stereocenters. The van der Waals surface area contributed by atoms with E-state index in [4.69, 9.17) is 4.74 Å². The first-order chi connectivity index (χ1) is 11.3. The second-order valence-electron chi connectivity index (χ2n) is 5.00. The highest BCUT2D eigenvalue weighted by Crippen LogP contribution is 2.28. The predicted octanol–water partition coefficient (Wildman–Crippen LogP) is 3.49. The van der Waals surface area contributed by atoms with Crippen LogP contribution in [-0.2, 0) is 6.73 Å². The molecule has 0 radical (unpaired) electrons. The van der Waals surface area contributed by atoms with Crippen LogP contribution in [0.2, 0.25) is 0 Å². The fourth-order valence-corrected chi connectivity index (χ4v) is 3.37. The Morgan fingerprint density at radius 3 is 2.83 bits per heavy atom. The van der Waals surface area contributed by atoms with Crippen molar-refractivity contribution in [1.82, 2.24) is 14.5 Å². The van der Waals surface area contributed by atoms with Crippen LogP contribution in [0.3, 0.4) is 0 Å². The molecule has 0 saturated carbocycles.